The number of ether oxygens (including phenoxy) is 1. The number of rotatable bonds is 7. The summed E-state index contributed by atoms with van der Waals surface area (Å²) >= 11 is 5.83. The van der Waals surface area contributed by atoms with Crippen LogP contribution in [0.25, 0.3) is 11.0 Å². The van der Waals surface area contributed by atoms with Crippen molar-refractivity contribution in [2.45, 2.75) is 26.3 Å². The van der Waals surface area contributed by atoms with Gasteiger partial charge in [0.25, 0.3) is 5.91 Å². The molecule has 1 heterocycles. The molecule has 1 aromatic heterocycles. The molecule has 7 nitrogen and oxygen atoms in total. The third-order valence-electron chi connectivity index (χ3n) is 4.48. The van der Waals surface area contributed by atoms with E-state index < -0.39 is 30.2 Å². The van der Waals surface area contributed by atoms with Gasteiger partial charge in [0.2, 0.25) is 0 Å². The molecule has 0 saturated heterocycles. The highest BCUT2D eigenvalue weighted by molar-refractivity contribution is 6.30. The smallest absolute Gasteiger partial charge is 0.336 e. The molecule has 0 unspecified atom stereocenters. The van der Waals surface area contributed by atoms with Gasteiger partial charge in [0.1, 0.15) is 11.3 Å². The van der Waals surface area contributed by atoms with Crippen molar-refractivity contribution >= 4 is 34.4 Å². The largest absolute Gasteiger partial charge is 0.548 e. The molecule has 8 heteroatoms. The number of carboxylic acid groups (broad SMARTS) is 1. The zero-order valence-electron chi connectivity index (χ0n) is 16.4. The quantitative estimate of drug-likeness (QED) is 0.576. The molecule has 0 aliphatic rings. The second-order valence-corrected chi connectivity index (χ2v) is 7.38. The Kier molecular flexibility index (Phi) is 6.42. The first-order valence-electron chi connectivity index (χ1n) is 9.15. The van der Waals surface area contributed by atoms with E-state index in [1.807, 2.05) is 0 Å². The monoisotopic (exact) mass is 428 g/mol. The van der Waals surface area contributed by atoms with Gasteiger partial charge < -0.3 is 24.4 Å². The predicted octanol–water partition coefficient (Wildman–Crippen LogP) is 1.92. The van der Waals surface area contributed by atoms with Crippen LogP contribution in [0.3, 0.4) is 0 Å². The highest BCUT2D eigenvalue weighted by atomic mass is 35.5. The zero-order chi connectivity index (χ0) is 21.8. The number of benzene rings is 2. The number of aliphatic carboxylic acids is 1. The van der Waals surface area contributed by atoms with Gasteiger partial charge in [-0.2, -0.15) is 0 Å². The summed E-state index contributed by atoms with van der Waals surface area (Å²) in [5, 5.41) is 14.9. The number of fused-ring (bicyclic) bond motifs is 1. The first-order chi connectivity index (χ1) is 14.2. The zero-order valence-corrected chi connectivity index (χ0v) is 17.1. The number of amides is 1. The molecule has 0 fully saturated rings. The molecule has 1 N–H and O–H groups in total. The summed E-state index contributed by atoms with van der Waals surface area (Å²) in [6.45, 7) is 3.12. The second kappa shape index (κ2) is 9.00. The van der Waals surface area contributed by atoms with Gasteiger partial charge in [-0.15, -0.1) is 0 Å². The first-order valence-corrected chi connectivity index (χ1v) is 9.53. The maximum atomic E-state index is 12.3. The van der Waals surface area contributed by atoms with Gasteiger partial charge in [-0.25, -0.2) is 4.79 Å². The van der Waals surface area contributed by atoms with E-state index in [2.05, 4.69) is 5.32 Å². The molecule has 0 aliphatic heterocycles. The number of carbonyl (C=O) groups is 2. The van der Waals surface area contributed by atoms with Crippen molar-refractivity contribution in [3.8, 4) is 5.75 Å². The van der Waals surface area contributed by atoms with Gasteiger partial charge in [0, 0.05) is 11.1 Å². The van der Waals surface area contributed by atoms with Crippen molar-refractivity contribution in [3.05, 3.63) is 74.6 Å². The predicted molar refractivity (Wildman–Crippen MR) is 110 cm³/mol. The Morgan fingerprint density at radius 2 is 1.87 bits per heavy atom. The Morgan fingerprint density at radius 3 is 2.53 bits per heavy atom. The Hall–Kier alpha value is -3.32. The standard InChI is InChI=1S/C22H20ClNO6/c1-12-7-17(21-13(2)9-20(26)30-18(21)8-12)29-11-19(25)24-16(22(27)28)10-14-3-5-15(23)6-4-14/h3-9,16H,10-11H2,1-2H3,(H,24,25)(H,27,28)/p-1/t16-/m1/s1. The summed E-state index contributed by atoms with van der Waals surface area (Å²) < 4.78 is 10.8. The van der Waals surface area contributed by atoms with Crippen molar-refractivity contribution < 1.29 is 23.8 Å². The second-order valence-electron chi connectivity index (χ2n) is 6.94. The number of aryl methyl sites for hydroxylation is 2. The lowest BCUT2D eigenvalue weighted by Gasteiger charge is -2.20. The van der Waals surface area contributed by atoms with Crippen LogP contribution < -0.4 is 20.8 Å². The number of hydrogen-bond acceptors (Lipinski definition) is 6. The number of carbonyl (C=O) groups excluding carboxylic acids is 2. The van der Waals surface area contributed by atoms with Gasteiger partial charge in [0.05, 0.1) is 17.4 Å². The molecule has 3 aromatic rings. The molecule has 0 spiro atoms. The maximum Gasteiger partial charge on any atom is 0.336 e. The average molecular weight is 429 g/mol. The van der Waals surface area contributed by atoms with E-state index in [1.165, 1.54) is 6.07 Å². The lowest BCUT2D eigenvalue weighted by Crippen LogP contribution is -2.50. The topological polar surface area (TPSA) is 109 Å². The number of carboxylic acids is 1. The molecular weight excluding hydrogens is 410 g/mol. The number of halogens is 1. The third kappa shape index (κ3) is 5.18. The molecular formula is C22H19ClNO6-. The minimum Gasteiger partial charge on any atom is -0.548 e. The molecule has 3 rings (SSSR count). The highest BCUT2D eigenvalue weighted by Crippen LogP contribution is 2.29. The van der Waals surface area contributed by atoms with Crippen molar-refractivity contribution in [1.82, 2.24) is 5.32 Å². The van der Waals surface area contributed by atoms with E-state index in [1.54, 1.807) is 50.2 Å². The third-order valence-corrected chi connectivity index (χ3v) is 4.73. The lowest BCUT2D eigenvalue weighted by molar-refractivity contribution is -0.308. The Balaban J connectivity index is 1.72. The molecule has 1 amide bonds. The van der Waals surface area contributed by atoms with Gasteiger partial charge in [0.15, 0.2) is 6.61 Å². The maximum absolute atomic E-state index is 12.3. The molecule has 30 heavy (non-hydrogen) atoms. The fourth-order valence-corrected chi connectivity index (χ4v) is 3.25. The lowest BCUT2D eigenvalue weighted by atomic mass is 10.1. The van der Waals surface area contributed by atoms with Crippen LogP contribution in [0, 0.1) is 13.8 Å². The van der Waals surface area contributed by atoms with E-state index in [4.69, 9.17) is 20.8 Å². The van der Waals surface area contributed by atoms with Crippen LogP contribution in [0.15, 0.2) is 51.7 Å². The molecule has 0 saturated carbocycles. The van der Waals surface area contributed by atoms with Crippen LogP contribution in [-0.4, -0.2) is 24.5 Å². The Bertz CT molecular complexity index is 1150. The van der Waals surface area contributed by atoms with Crippen molar-refractivity contribution in [2.24, 2.45) is 0 Å². The van der Waals surface area contributed by atoms with E-state index >= 15 is 0 Å². The van der Waals surface area contributed by atoms with E-state index in [0.29, 0.717) is 32.9 Å². The summed E-state index contributed by atoms with van der Waals surface area (Å²) in [6, 6.07) is 10.2. The molecule has 0 bridgehead atoms. The van der Waals surface area contributed by atoms with Crippen LogP contribution in [-0.2, 0) is 16.0 Å². The summed E-state index contributed by atoms with van der Waals surface area (Å²) in [5.74, 6) is -1.66. The van der Waals surface area contributed by atoms with Crippen molar-refractivity contribution in [2.75, 3.05) is 6.61 Å². The normalized spacial score (nSPS) is 11.8. The van der Waals surface area contributed by atoms with Gasteiger partial charge >= 0.3 is 5.63 Å². The highest BCUT2D eigenvalue weighted by Gasteiger charge is 2.16. The summed E-state index contributed by atoms with van der Waals surface area (Å²) in [7, 11) is 0. The number of hydrogen-bond donors (Lipinski definition) is 1. The average Bonchev–Trinajstić information content (AvgIpc) is 2.66. The van der Waals surface area contributed by atoms with Crippen LogP contribution in [0.2, 0.25) is 5.02 Å². The molecule has 0 aliphatic carbocycles. The summed E-state index contributed by atoms with van der Waals surface area (Å²) in [4.78, 5) is 35.4. The van der Waals surface area contributed by atoms with E-state index in [0.717, 1.165) is 5.56 Å². The van der Waals surface area contributed by atoms with E-state index in [-0.39, 0.29) is 6.42 Å². The summed E-state index contributed by atoms with van der Waals surface area (Å²) in [5.41, 5.74) is 1.98. The fourth-order valence-electron chi connectivity index (χ4n) is 3.12. The molecule has 1 atom stereocenters. The molecule has 2 aromatic carbocycles. The van der Waals surface area contributed by atoms with Gasteiger partial charge in [-0.1, -0.05) is 23.7 Å². The molecule has 156 valence electrons. The minimum atomic E-state index is -1.41. The van der Waals surface area contributed by atoms with Crippen LogP contribution in [0.1, 0.15) is 16.7 Å². The summed E-state index contributed by atoms with van der Waals surface area (Å²) in [6.07, 6.45) is 0.0445. The minimum absolute atomic E-state index is 0.0445. The van der Waals surface area contributed by atoms with Crippen molar-refractivity contribution in [1.29, 1.82) is 0 Å². The van der Waals surface area contributed by atoms with E-state index in [9.17, 15) is 19.5 Å². The van der Waals surface area contributed by atoms with Crippen LogP contribution >= 0.6 is 11.6 Å². The van der Waals surface area contributed by atoms with Crippen LogP contribution in [0.5, 0.6) is 5.75 Å². The Morgan fingerprint density at radius 1 is 1.17 bits per heavy atom. The van der Waals surface area contributed by atoms with Crippen molar-refractivity contribution in [3.63, 3.8) is 0 Å². The fraction of sp³-hybridized carbons (Fsp3) is 0.227. The van der Waals surface area contributed by atoms with Gasteiger partial charge in [-0.05, 0) is 61.2 Å². The first kappa shape index (κ1) is 21.4. The SMILES string of the molecule is Cc1cc(OCC(=O)N[C@H](Cc2ccc(Cl)cc2)C(=O)[O-])c2c(C)cc(=O)oc2c1. The number of nitrogens with one attached hydrogen (secondary N) is 1. The van der Waals surface area contributed by atoms with Gasteiger partial charge in [-0.3, -0.25) is 4.79 Å². The van der Waals surface area contributed by atoms with Crippen LogP contribution in [0.4, 0.5) is 0 Å². The molecule has 0 radical (unpaired) electrons. The Labute approximate surface area is 177 Å².